The number of hydrogen-bond acceptors (Lipinski definition) is 5. The number of hydrogen-bond donors (Lipinski definition) is 2. The molecule has 0 aliphatic carbocycles. The molecular weight excluding hydrogens is 591 g/mol. The normalized spacial score (nSPS) is 10.4. The molecule has 36 heavy (non-hydrogen) atoms. The van der Waals surface area contributed by atoms with E-state index in [4.69, 9.17) is 34.8 Å². The Labute approximate surface area is 234 Å². The molecule has 0 saturated heterocycles. The maximum Gasteiger partial charge on any atom is 0.274 e. The maximum atomic E-state index is 13.2. The fraction of sp³-hybridized carbons (Fsp3) is 0.333. The van der Waals surface area contributed by atoms with Gasteiger partial charge in [0.25, 0.3) is 11.8 Å². The molecule has 0 unspecified atom stereocenters. The van der Waals surface area contributed by atoms with Crippen LogP contribution in [0.2, 0.25) is 15.1 Å². The van der Waals surface area contributed by atoms with Gasteiger partial charge in [0.2, 0.25) is 0 Å². The largest absolute Gasteiger partial charge is 0.339 e. The summed E-state index contributed by atoms with van der Waals surface area (Å²) in [5, 5.41) is 10.8. The van der Waals surface area contributed by atoms with E-state index in [0.717, 1.165) is 13.1 Å². The van der Waals surface area contributed by atoms with Gasteiger partial charge in [0, 0.05) is 30.4 Å². The fourth-order valence-electron chi connectivity index (χ4n) is 3.19. The van der Waals surface area contributed by atoms with Gasteiger partial charge < -0.3 is 15.5 Å². The van der Waals surface area contributed by atoms with E-state index in [0.29, 0.717) is 22.7 Å². The van der Waals surface area contributed by atoms with Gasteiger partial charge in [-0.05, 0) is 67.1 Å². The molecule has 0 aliphatic rings. The summed E-state index contributed by atoms with van der Waals surface area (Å²) < 4.78 is 1.71. The van der Waals surface area contributed by atoms with Crippen LogP contribution in [0.5, 0.6) is 0 Å². The summed E-state index contributed by atoms with van der Waals surface area (Å²) in [6.45, 7) is 11.1. The van der Waals surface area contributed by atoms with Crippen LogP contribution in [0, 0.1) is 0 Å². The van der Waals surface area contributed by atoms with Crippen LogP contribution < -0.4 is 10.6 Å². The minimum Gasteiger partial charge on any atom is -0.339 e. The van der Waals surface area contributed by atoms with Crippen molar-refractivity contribution in [3.63, 3.8) is 0 Å². The fourth-order valence-corrected chi connectivity index (χ4v) is 4.30. The number of aromatic nitrogens is 3. The minimum absolute atomic E-state index is 0.136. The Bertz CT molecular complexity index is 1200. The summed E-state index contributed by atoms with van der Waals surface area (Å²) in [5.41, 5.74) is 0.485. The first-order valence-electron chi connectivity index (χ1n) is 11.3. The van der Waals surface area contributed by atoms with E-state index >= 15 is 0 Å². The molecule has 0 spiro atoms. The van der Waals surface area contributed by atoms with E-state index < -0.39 is 5.91 Å². The zero-order valence-electron chi connectivity index (χ0n) is 20.4. The molecular formula is C24H28BrCl3N6O2. The Morgan fingerprint density at radius 1 is 1.03 bits per heavy atom. The molecule has 2 amide bonds. The summed E-state index contributed by atoms with van der Waals surface area (Å²) in [4.78, 5) is 32.0. The van der Waals surface area contributed by atoms with Gasteiger partial charge in [0.15, 0.2) is 5.82 Å². The van der Waals surface area contributed by atoms with E-state index in [1.165, 1.54) is 29.1 Å². The molecule has 2 N–H and O–H groups in total. The highest BCUT2D eigenvalue weighted by Crippen LogP contribution is 2.32. The molecule has 8 nitrogen and oxygen atoms in total. The molecule has 0 fully saturated rings. The molecule has 0 atom stereocenters. The van der Waals surface area contributed by atoms with Crippen molar-refractivity contribution in [2.75, 3.05) is 31.5 Å². The predicted molar refractivity (Wildman–Crippen MR) is 150 cm³/mol. The van der Waals surface area contributed by atoms with E-state index in [9.17, 15) is 9.59 Å². The van der Waals surface area contributed by atoms with Gasteiger partial charge in [0.1, 0.15) is 10.3 Å². The van der Waals surface area contributed by atoms with E-state index in [1.54, 1.807) is 17.0 Å². The highest BCUT2D eigenvalue weighted by atomic mass is 79.9. The summed E-state index contributed by atoms with van der Waals surface area (Å²) in [5.74, 6) is -0.577. The standard InChI is InChI=1S/C20H17BrCl3N5O2.C4H11N/c1-3-28(4-2)20(31)12-8-11(22)9-14(24)17(12)26-19(30)15-10-16(21)27-29(15)18-13(23)6-5-7-25-18;1-3-5-4-2/h5-10H,3-4H2,1-2H3,(H,26,30);5H,3-4H2,1-2H3. The van der Waals surface area contributed by atoms with Crippen LogP contribution >= 0.6 is 50.7 Å². The molecule has 2 aromatic heterocycles. The topological polar surface area (TPSA) is 92.2 Å². The third kappa shape index (κ3) is 7.66. The van der Waals surface area contributed by atoms with Gasteiger partial charge in [-0.2, -0.15) is 5.10 Å². The number of amides is 2. The Balaban J connectivity index is 0.000000830. The van der Waals surface area contributed by atoms with Crippen molar-refractivity contribution in [3.8, 4) is 5.82 Å². The molecule has 2 heterocycles. The molecule has 0 saturated carbocycles. The number of pyridine rings is 1. The summed E-state index contributed by atoms with van der Waals surface area (Å²) >= 11 is 22.0. The predicted octanol–water partition coefficient (Wildman–Crippen LogP) is 6.34. The van der Waals surface area contributed by atoms with Crippen LogP contribution in [0.1, 0.15) is 48.5 Å². The Hall–Kier alpha value is -2.17. The zero-order chi connectivity index (χ0) is 26.8. The van der Waals surface area contributed by atoms with Crippen LogP contribution in [0.4, 0.5) is 5.69 Å². The molecule has 0 radical (unpaired) electrons. The monoisotopic (exact) mass is 616 g/mol. The van der Waals surface area contributed by atoms with Crippen LogP contribution in [0.3, 0.4) is 0 Å². The van der Waals surface area contributed by atoms with Crippen molar-refractivity contribution < 1.29 is 9.59 Å². The average Bonchev–Trinajstić information content (AvgIpc) is 3.24. The van der Waals surface area contributed by atoms with Crippen molar-refractivity contribution in [1.82, 2.24) is 25.0 Å². The summed E-state index contributed by atoms with van der Waals surface area (Å²) in [7, 11) is 0. The highest BCUT2D eigenvalue weighted by molar-refractivity contribution is 9.10. The molecule has 0 aliphatic heterocycles. The van der Waals surface area contributed by atoms with Crippen LogP contribution in [0.25, 0.3) is 5.82 Å². The quantitative estimate of drug-likeness (QED) is 0.308. The number of benzene rings is 1. The second-order valence-corrected chi connectivity index (χ2v) is 9.34. The third-order valence-electron chi connectivity index (χ3n) is 4.93. The number of carbonyl (C=O) groups excluding carboxylic acids is 2. The van der Waals surface area contributed by atoms with Crippen LogP contribution in [-0.2, 0) is 0 Å². The van der Waals surface area contributed by atoms with E-state index in [1.807, 2.05) is 13.8 Å². The van der Waals surface area contributed by atoms with Gasteiger partial charge >= 0.3 is 0 Å². The number of nitrogens with zero attached hydrogens (tertiary/aromatic N) is 4. The van der Waals surface area contributed by atoms with Crippen molar-refractivity contribution in [2.45, 2.75) is 27.7 Å². The lowest BCUT2D eigenvalue weighted by Gasteiger charge is -2.21. The van der Waals surface area contributed by atoms with Crippen molar-refractivity contribution >= 4 is 68.2 Å². The van der Waals surface area contributed by atoms with Crippen LogP contribution in [-0.4, -0.2) is 57.7 Å². The minimum atomic E-state index is -0.558. The molecule has 3 rings (SSSR count). The number of rotatable bonds is 8. The first-order valence-corrected chi connectivity index (χ1v) is 13.3. The Morgan fingerprint density at radius 2 is 1.69 bits per heavy atom. The van der Waals surface area contributed by atoms with E-state index in [-0.39, 0.29) is 38.7 Å². The Kier molecular flexibility index (Phi) is 12.1. The SMILES string of the molecule is CCN(CC)C(=O)c1cc(Cl)cc(Cl)c1NC(=O)c1cc(Br)nn1-c1ncccc1Cl.CCNCC. The summed E-state index contributed by atoms with van der Waals surface area (Å²) in [6.07, 6.45) is 1.54. The van der Waals surface area contributed by atoms with Gasteiger partial charge in [-0.1, -0.05) is 48.7 Å². The zero-order valence-corrected chi connectivity index (χ0v) is 24.3. The second kappa shape index (κ2) is 14.5. The third-order valence-corrected chi connectivity index (χ3v) is 6.13. The maximum absolute atomic E-state index is 13.2. The van der Waals surface area contributed by atoms with Gasteiger partial charge in [0.05, 0.1) is 21.3 Å². The van der Waals surface area contributed by atoms with Crippen molar-refractivity contribution in [1.29, 1.82) is 0 Å². The van der Waals surface area contributed by atoms with Crippen molar-refractivity contribution in [3.05, 3.63) is 67.5 Å². The summed E-state index contributed by atoms with van der Waals surface area (Å²) in [6, 6.07) is 7.75. The molecule has 1 aromatic carbocycles. The van der Waals surface area contributed by atoms with Crippen LogP contribution in [0.15, 0.2) is 41.1 Å². The number of anilines is 1. The second-order valence-electron chi connectivity index (χ2n) is 7.27. The first kappa shape index (κ1) is 30.1. The lowest BCUT2D eigenvalue weighted by Crippen LogP contribution is -2.31. The number of halogens is 4. The number of nitrogens with one attached hydrogen (secondary N) is 2. The lowest BCUT2D eigenvalue weighted by molar-refractivity contribution is 0.0774. The van der Waals surface area contributed by atoms with E-state index in [2.05, 4.69) is 50.5 Å². The first-order chi connectivity index (χ1) is 17.2. The van der Waals surface area contributed by atoms with Gasteiger partial charge in [-0.3, -0.25) is 9.59 Å². The molecule has 194 valence electrons. The lowest BCUT2D eigenvalue weighted by atomic mass is 10.1. The molecule has 3 aromatic rings. The molecule has 0 bridgehead atoms. The average molecular weight is 619 g/mol. The van der Waals surface area contributed by atoms with Gasteiger partial charge in [-0.15, -0.1) is 0 Å². The molecule has 12 heteroatoms. The smallest absolute Gasteiger partial charge is 0.274 e. The van der Waals surface area contributed by atoms with Gasteiger partial charge in [-0.25, -0.2) is 9.67 Å². The number of carbonyl (C=O) groups is 2. The van der Waals surface area contributed by atoms with Crippen molar-refractivity contribution in [2.24, 2.45) is 0 Å². The highest BCUT2D eigenvalue weighted by Gasteiger charge is 2.24. The Morgan fingerprint density at radius 3 is 2.25 bits per heavy atom.